The van der Waals surface area contributed by atoms with E-state index in [9.17, 15) is 42.3 Å². The number of carboxylic acid groups (broad SMARTS) is 1. The quantitative estimate of drug-likeness (QED) is 0.138. The number of halogens is 3. The van der Waals surface area contributed by atoms with Crippen LogP contribution >= 0.6 is 11.3 Å². The first-order chi connectivity index (χ1) is 18.3. The number of β-lactam (4-membered cyclic amide) rings is 1. The summed E-state index contributed by atoms with van der Waals surface area (Å²) in [6, 6.07) is -1.90. The zero-order valence-corrected chi connectivity index (χ0v) is 21.0. The second-order valence-corrected chi connectivity index (χ2v) is 9.69. The van der Waals surface area contributed by atoms with Gasteiger partial charge in [-0.15, -0.1) is 11.3 Å². The number of nitrogens with one attached hydrogen (secondary N) is 1. The Morgan fingerprint density at radius 3 is 2.64 bits per heavy atom. The summed E-state index contributed by atoms with van der Waals surface area (Å²) < 4.78 is 38.2. The average molecular weight is 571 g/mol. The zero-order valence-electron chi connectivity index (χ0n) is 20.1. The maximum absolute atomic E-state index is 13.0. The number of aromatic nitrogens is 1. The number of rotatable bonds is 7. The Balaban J connectivity index is 1.54. The first-order valence-corrected chi connectivity index (χ1v) is 12.3. The van der Waals surface area contributed by atoms with Crippen molar-refractivity contribution >= 4 is 51.8 Å². The summed E-state index contributed by atoms with van der Waals surface area (Å²) in [6.45, 7) is -0.525. The first kappa shape index (κ1) is 27.7. The van der Waals surface area contributed by atoms with Gasteiger partial charge in [0.1, 0.15) is 24.0 Å². The predicted octanol–water partition coefficient (Wildman–Crippen LogP) is 0.542. The minimum atomic E-state index is -4.58. The Hall–Kier alpha value is -4.28. The van der Waals surface area contributed by atoms with Crippen LogP contribution in [-0.2, 0) is 28.8 Å². The number of likely N-dealkylation sites (tertiary alicyclic amines) is 1. The van der Waals surface area contributed by atoms with Crippen molar-refractivity contribution < 1.29 is 47.1 Å². The Kier molecular flexibility index (Phi) is 7.45. The Morgan fingerprint density at radius 2 is 2.05 bits per heavy atom. The maximum Gasteiger partial charge on any atom is 0.406 e. The lowest BCUT2D eigenvalue weighted by Crippen LogP contribution is -2.72. The van der Waals surface area contributed by atoms with E-state index >= 15 is 0 Å². The highest BCUT2D eigenvalue weighted by Gasteiger charge is 2.53. The fraction of sp³-hybridized carbons (Fsp3) is 0.409. The zero-order chi connectivity index (χ0) is 28.6. The topological polar surface area (TPSA) is 185 Å². The Bertz CT molecular complexity index is 1350. The summed E-state index contributed by atoms with van der Waals surface area (Å²) in [4.78, 5) is 71.6. The lowest BCUT2D eigenvalue weighted by molar-refractivity contribution is -0.156. The lowest BCUT2D eigenvalue weighted by atomic mass is 9.82. The molecule has 0 saturated carbocycles. The highest BCUT2D eigenvalue weighted by molar-refractivity contribution is 7.13. The van der Waals surface area contributed by atoms with Gasteiger partial charge in [-0.25, -0.2) is 14.6 Å². The molecule has 4 N–H and O–H groups in total. The van der Waals surface area contributed by atoms with Crippen LogP contribution in [0.4, 0.5) is 18.3 Å². The number of amides is 3. The number of nitrogens with two attached hydrogens (primary N) is 1. The molecule has 0 radical (unpaired) electrons. The summed E-state index contributed by atoms with van der Waals surface area (Å²) in [6.07, 6.45) is -3.09. The molecule has 0 aromatic carbocycles. The number of carboxylic acids is 1. The van der Waals surface area contributed by atoms with Crippen LogP contribution in [0.3, 0.4) is 0 Å². The molecule has 1 aromatic rings. The van der Waals surface area contributed by atoms with Gasteiger partial charge >= 0.3 is 18.1 Å². The molecule has 4 rings (SSSR count). The number of hydrogen-bond acceptors (Lipinski definition) is 10. The fourth-order valence-electron chi connectivity index (χ4n) is 4.53. The molecule has 2 fully saturated rings. The van der Waals surface area contributed by atoms with Crippen molar-refractivity contribution in [3.8, 4) is 0 Å². The highest BCUT2D eigenvalue weighted by atomic mass is 32.1. The van der Waals surface area contributed by atoms with Crippen molar-refractivity contribution in [3.63, 3.8) is 0 Å². The summed E-state index contributed by atoms with van der Waals surface area (Å²) >= 11 is 0.992. The summed E-state index contributed by atoms with van der Waals surface area (Å²) in [5, 5.41) is 17.3. The number of aliphatic carboxylic acids is 1. The van der Waals surface area contributed by atoms with Crippen molar-refractivity contribution in [1.29, 1.82) is 0 Å². The van der Waals surface area contributed by atoms with E-state index < -0.39 is 65.9 Å². The molecule has 2 saturated heterocycles. The first-order valence-electron chi connectivity index (χ1n) is 11.4. The maximum atomic E-state index is 13.0. The van der Waals surface area contributed by atoms with Crippen molar-refractivity contribution in [2.75, 3.05) is 18.8 Å². The molecule has 2 atom stereocenters. The third-order valence-corrected chi connectivity index (χ3v) is 6.81. The van der Waals surface area contributed by atoms with Crippen molar-refractivity contribution in [3.05, 3.63) is 34.0 Å². The number of anilines is 1. The van der Waals surface area contributed by atoms with Gasteiger partial charge in [0.2, 0.25) is 5.91 Å². The van der Waals surface area contributed by atoms with E-state index in [-0.39, 0.29) is 47.8 Å². The highest BCUT2D eigenvalue weighted by Crippen LogP contribution is 2.38. The molecule has 17 heteroatoms. The van der Waals surface area contributed by atoms with E-state index in [1.165, 1.54) is 11.5 Å². The number of oxime groups is 1. The van der Waals surface area contributed by atoms with Gasteiger partial charge in [0.05, 0.1) is 6.04 Å². The van der Waals surface area contributed by atoms with Gasteiger partial charge in [0.15, 0.2) is 10.8 Å². The molecular weight excluding hydrogens is 549 g/mol. The van der Waals surface area contributed by atoms with Gasteiger partial charge < -0.3 is 25.9 Å². The number of allylic oxidation sites excluding steroid dienone is 2. The van der Waals surface area contributed by atoms with Crippen molar-refractivity contribution in [1.82, 2.24) is 20.1 Å². The Labute approximate surface area is 221 Å². The van der Waals surface area contributed by atoms with Gasteiger partial charge in [-0.05, 0) is 30.9 Å². The molecule has 0 unspecified atom stereocenters. The van der Waals surface area contributed by atoms with Gasteiger partial charge in [0, 0.05) is 24.4 Å². The number of fused-ring (bicyclic) bond motifs is 1. The number of carbonyl (C=O) groups is 5. The van der Waals surface area contributed by atoms with Crippen LogP contribution in [0, 0.1) is 0 Å². The molecule has 3 amide bonds. The van der Waals surface area contributed by atoms with Gasteiger partial charge in [-0.1, -0.05) is 5.16 Å². The van der Waals surface area contributed by atoms with E-state index in [0.29, 0.717) is 4.90 Å². The van der Waals surface area contributed by atoms with E-state index in [1.807, 2.05) is 0 Å². The van der Waals surface area contributed by atoms with E-state index in [1.54, 1.807) is 0 Å². The lowest BCUT2D eigenvalue weighted by Gasteiger charge is -2.50. The molecule has 0 aliphatic carbocycles. The standard InChI is InChI=1S/C22H21F3N6O7S/c1-9(32)38-29-14(12-7-39-21(26)27-12)17(33)28-15-13-3-2-10(16(20(36)37)31(13)19(15)35)6-11-4-5-30(18(11)34)8-22(23,24)25/h6-7,13,15H,2-5,8H2,1H3,(H2,26,27)(H,28,33)(H,36,37)/b11-6?,29-14-/t13-,15+/m1/s1. The minimum absolute atomic E-state index is 0.00700. The van der Waals surface area contributed by atoms with Gasteiger partial charge in [0.25, 0.3) is 11.8 Å². The molecule has 208 valence electrons. The third kappa shape index (κ3) is 5.76. The number of carbonyl (C=O) groups excluding carboxylic acids is 4. The van der Waals surface area contributed by atoms with Crippen LogP contribution in [0.1, 0.15) is 31.9 Å². The normalized spacial score (nSPS) is 22.7. The van der Waals surface area contributed by atoms with Crippen molar-refractivity contribution in [2.24, 2.45) is 5.16 Å². The molecule has 1 aromatic heterocycles. The molecule has 3 aliphatic heterocycles. The second-order valence-electron chi connectivity index (χ2n) is 8.80. The number of nitrogens with zero attached hydrogens (tertiary/aromatic N) is 4. The van der Waals surface area contributed by atoms with Crippen molar-refractivity contribution in [2.45, 2.75) is 44.4 Å². The average Bonchev–Trinajstić information content (AvgIpc) is 3.41. The molecule has 0 spiro atoms. The van der Waals surface area contributed by atoms with Crippen LogP contribution in [0.15, 0.2) is 33.5 Å². The monoisotopic (exact) mass is 570 g/mol. The van der Waals surface area contributed by atoms with Crippen LogP contribution in [0.2, 0.25) is 0 Å². The van der Waals surface area contributed by atoms with E-state index in [4.69, 9.17) is 5.73 Å². The molecule has 3 aliphatic rings. The molecule has 13 nitrogen and oxygen atoms in total. The predicted molar refractivity (Wildman–Crippen MR) is 127 cm³/mol. The number of thiazole rings is 1. The molecule has 4 heterocycles. The SMILES string of the molecule is CC(=O)O/N=C(\C(=O)N[C@@H]1C(=O)N2C(C(=O)O)=C(C=C3CCN(CC(F)(F)F)C3=O)CC[C@H]12)c1csc(N)n1. The smallest absolute Gasteiger partial charge is 0.406 e. The van der Waals surface area contributed by atoms with Crippen LogP contribution in [0.5, 0.6) is 0 Å². The summed E-state index contributed by atoms with van der Waals surface area (Å²) in [5.74, 6) is -4.83. The fourth-order valence-corrected chi connectivity index (χ4v) is 5.08. The van der Waals surface area contributed by atoms with Gasteiger partial charge in [-0.2, -0.15) is 13.2 Å². The summed E-state index contributed by atoms with van der Waals surface area (Å²) in [7, 11) is 0. The van der Waals surface area contributed by atoms with Crippen LogP contribution in [0.25, 0.3) is 0 Å². The number of nitrogen functional groups attached to an aromatic ring is 1. The molecule has 0 bridgehead atoms. The van der Waals surface area contributed by atoms with Crippen LogP contribution in [-0.4, -0.2) is 86.6 Å². The largest absolute Gasteiger partial charge is 0.477 e. The number of alkyl halides is 3. The third-order valence-electron chi connectivity index (χ3n) is 6.14. The van der Waals surface area contributed by atoms with E-state index in [2.05, 4.69) is 20.3 Å². The minimum Gasteiger partial charge on any atom is -0.477 e. The van der Waals surface area contributed by atoms with E-state index in [0.717, 1.165) is 23.2 Å². The molecular formula is C22H21F3N6O7S. The summed E-state index contributed by atoms with van der Waals surface area (Å²) in [5.41, 5.74) is 4.86. The molecule has 39 heavy (non-hydrogen) atoms. The second kappa shape index (κ2) is 10.5. The van der Waals surface area contributed by atoms with Gasteiger partial charge in [-0.3, -0.25) is 19.3 Å². The Morgan fingerprint density at radius 1 is 1.33 bits per heavy atom. The number of hydrogen-bond donors (Lipinski definition) is 3. The van der Waals surface area contributed by atoms with Crippen LogP contribution < -0.4 is 11.1 Å².